The van der Waals surface area contributed by atoms with Crippen LogP contribution in [0.2, 0.25) is 0 Å². The molecule has 0 amide bonds. The first-order valence-electron chi connectivity index (χ1n) is 12.1. The van der Waals surface area contributed by atoms with Gasteiger partial charge in [-0.2, -0.15) is 0 Å². The summed E-state index contributed by atoms with van der Waals surface area (Å²) in [6, 6.07) is 0. The molecule has 1 heteroatoms. The first-order chi connectivity index (χ1) is 12.4. The lowest BCUT2D eigenvalue weighted by atomic mass is 9.73. The highest BCUT2D eigenvalue weighted by molar-refractivity contribution is 7.16. The van der Waals surface area contributed by atoms with Crippen molar-refractivity contribution in [1.29, 1.82) is 0 Å². The second kappa shape index (κ2) is 17.8. The minimum absolute atomic E-state index is 1.14. The van der Waals surface area contributed by atoms with Gasteiger partial charge in [0.15, 0.2) is 0 Å². The zero-order valence-electron chi connectivity index (χ0n) is 17.6. The van der Waals surface area contributed by atoms with E-state index in [1.165, 1.54) is 109 Å². The monoisotopic (exact) mass is 368 g/mol. The van der Waals surface area contributed by atoms with E-state index in [0.29, 0.717) is 0 Å². The molecule has 2 saturated carbocycles. The summed E-state index contributed by atoms with van der Waals surface area (Å²) in [4.78, 5) is 0. The Hall–Kier alpha value is 0.430. The maximum Gasteiger partial charge on any atom is -0.0381 e. The smallest absolute Gasteiger partial charge is 0.0381 e. The third kappa shape index (κ3) is 13.3. The Bertz CT molecular complexity index is 225. The molecule has 1 atom stereocenters. The van der Waals surface area contributed by atoms with Gasteiger partial charge in [-0.05, 0) is 24.4 Å². The van der Waals surface area contributed by atoms with Crippen LogP contribution < -0.4 is 0 Å². The van der Waals surface area contributed by atoms with Gasteiger partial charge >= 0.3 is 0 Å². The molecule has 2 aliphatic carbocycles. The van der Waals surface area contributed by atoms with Gasteiger partial charge in [-0.15, -0.1) is 9.24 Å². The molecule has 0 aromatic heterocycles. The largest absolute Gasteiger partial charge is 0.138 e. The molecule has 25 heavy (non-hydrogen) atoms. The quantitative estimate of drug-likeness (QED) is 0.252. The molecule has 0 N–H and O–H groups in total. The Morgan fingerprint density at radius 1 is 0.520 bits per heavy atom. The van der Waals surface area contributed by atoms with E-state index in [2.05, 4.69) is 16.2 Å². The second-order valence-electron chi connectivity index (χ2n) is 8.77. The SMILES string of the molecule is C1CCC(C2CCCCC2)CC1.CCCCCCCCCCCCP. The summed E-state index contributed by atoms with van der Waals surface area (Å²) in [6.45, 7) is 2.28. The molecule has 0 nitrogen and oxygen atoms in total. The van der Waals surface area contributed by atoms with Crippen LogP contribution in [0.5, 0.6) is 0 Å². The number of hydrogen-bond acceptors (Lipinski definition) is 0. The number of rotatable bonds is 11. The lowest BCUT2D eigenvalue weighted by Crippen LogP contribution is -2.20. The topological polar surface area (TPSA) is 0 Å². The fourth-order valence-corrected chi connectivity index (χ4v) is 5.13. The minimum Gasteiger partial charge on any atom is -0.138 e. The van der Waals surface area contributed by atoms with Crippen molar-refractivity contribution in [1.82, 2.24) is 0 Å². The lowest BCUT2D eigenvalue weighted by molar-refractivity contribution is 0.196. The van der Waals surface area contributed by atoms with E-state index in [0.717, 1.165) is 11.8 Å². The molecule has 150 valence electrons. The molecule has 1 unspecified atom stereocenters. The van der Waals surface area contributed by atoms with Crippen molar-refractivity contribution in [2.24, 2.45) is 11.8 Å². The van der Waals surface area contributed by atoms with Gasteiger partial charge in [-0.3, -0.25) is 0 Å². The third-order valence-corrected chi connectivity index (χ3v) is 6.93. The van der Waals surface area contributed by atoms with Gasteiger partial charge in [0.1, 0.15) is 0 Å². The van der Waals surface area contributed by atoms with E-state index in [4.69, 9.17) is 0 Å². The van der Waals surface area contributed by atoms with Crippen molar-refractivity contribution in [3.63, 3.8) is 0 Å². The summed E-state index contributed by atoms with van der Waals surface area (Å²) in [5.74, 6) is 2.28. The molecular formula is C24H49P. The maximum atomic E-state index is 2.81. The number of hydrogen-bond donors (Lipinski definition) is 0. The zero-order valence-corrected chi connectivity index (χ0v) is 18.7. The lowest BCUT2D eigenvalue weighted by Gasteiger charge is -2.32. The molecule has 0 aliphatic heterocycles. The first kappa shape index (κ1) is 23.5. The molecule has 0 bridgehead atoms. The van der Waals surface area contributed by atoms with Gasteiger partial charge in [0.2, 0.25) is 0 Å². The number of unbranched alkanes of at least 4 members (excludes halogenated alkanes) is 9. The van der Waals surface area contributed by atoms with Crippen LogP contribution in [-0.4, -0.2) is 6.16 Å². The standard InChI is InChI=1S/C12H27P.C12H22/c1-2-3-4-5-6-7-8-9-10-11-12-13;1-3-7-11(8-4-1)12-9-5-2-6-10-12/h2-13H2,1H3;11-12H,1-10H2. The molecule has 0 spiro atoms. The van der Waals surface area contributed by atoms with E-state index in [9.17, 15) is 0 Å². The van der Waals surface area contributed by atoms with Crippen molar-refractivity contribution in [2.75, 3.05) is 6.16 Å². The van der Waals surface area contributed by atoms with Gasteiger partial charge in [-0.25, -0.2) is 0 Å². The fourth-order valence-electron chi connectivity index (χ4n) is 4.84. The van der Waals surface area contributed by atoms with Gasteiger partial charge in [0, 0.05) is 0 Å². The average Bonchev–Trinajstić information content (AvgIpc) is 2.69. The molecule has 2 fully saturated rings. The molecule has 2 rings (SSSR count). The van der Waals surface area contributed by atoms with Crippen LogP contribution in [-0.2, 0) is 0 Å². The Morgan fingerprint density at radius 3 is 1.24 bits per heavy atom. The third-order valence-electron chi connectivity index (χ3n) is 6.52. The summed E-state index contributed by atoms with van der Waals surface area (Å²) in [7, 11) is 2.81. The Balaban J connectivity index is 0.000000250. The van der Waals surface area contributed by atoms with E-state index in [1.54, 1.807) is 25.7 Å². The van der Waals surface area contributed by atoms with Gasteiger partial charge in [0.05, 0.1) is 0 Å². The fraction of sp³-hybridized carbons (Fsp3) is 1.00. The summed E-state index contributed by atoms with van der Waals surface area (Å²) in [5.41, 5.74) is 0. The Kier molecular flexibility index (Phi) is 16.7. The van der Waals surface area contributed by atoms with E-state index in [1.807, 2.05) is 0 Å². The minimum atomic E-state index is 1.14. The highest BCUT2D eigenvalue weighted by Gasteiger charge is 2.24. The summed E-state index contributed by atoms with van der Waals surface area (Å²) in [5, 5.41) is 0. The maximum absolute atomic E-state index is 2.81. The van der Waals surface area contributed by atoms with Crippen molar-refractivity contribution in [2.45, 2.75) is 135 Å². The molecule has 0 aromatic rings. The molecule has 0 heterocycles. The summed E-state index contributed by atoms with van der Waals surface area (Å²) < 4.78 is 0. The van der Waals surface area contributed by atoms with Crippen molar-refractivity contribution in [3.8, 4) is 0 Å². The van der Waals surface area contributed by atoms with E-state index < -0.39 is 0 Å². The summed E-state index contributed by atoms with van der Waals surface area (Å²) >= 11 is 0. The molecule has 0 aromatic carbocycles. The Labute approximate surface area is 162 Å². The van der Waals surface area contributed by atoms with Crippen molar-refractivity contribution in [3.05, 3.63) is 0 Å². The van der Waals surface area contributed by atoms with Crippen LogP contribution in [0.25, 0.3) is 0 Å². The highest BCUT2D eigenvalue weighted by atomic mass is 31.0. The molecule has 0 radical (unpaired) electrons. The molecule has 2 aliphatic rings. The zero-order chi connectivity index (χ0) is 18.0. The van der Waals surface area contributed by atoms with Crippen LogP contribution in [0.4, 0.5) is 0 Å². The summed E-state index contributed by atoms with van der Waals surface area (Å²) in [6.07, 6.45) is 31.1. The first-order valence-corrected chi connectivity index (χ1v) is 12.9. The van der Waals surface area contributed by atoms with Gasteiger partial charge in [0.25, 0.3) is 0 Å². The molecule has 0 saturated heterocycles. The van der Waals surface area contributed by atoms with Gasteiger partial charge in [-0.1, -0.05) is 129 Å². The molecular weight excluding hydrogens is 319 g/mol. The van der Waals surface area contributed by atoms with Crippen LogP contribution in [0.1, 0.15) is 135 Å². The van der Waals surface area contributed by atoms with Crippen LogP contribution in [0.15, 0.2) is 0 Å². The van der Waals surface area contributed by atoms with Crippen molar-refractivity contribution < 1.29 is 0 Å². The predicted octanol–water partition coefficient (Wildman–Crippen LogP) is 8.93. The predicted molar refractivity (Wildman–Crippen MR) is 120 cm³/mol. The van der Waals surface area contributed by atoms with Crippen LogP contribution in [0.3, 0.4) is 0 Å². The van der Waals surface area contributed by atoms with Crippen molar-refractivity contribution >= 4 is 9.24 Å². The van der Waals surface area contributed by atoms with Gasteiger partial charge < -0.3 is 0 Å². The normalized spacial score (nSPS) is 19.4. The average molecular weight is 369 g/mol. The van der Waals surface area contributed by atoms with Crippen LogP contribution in [0, 0.1) is 11.8 Å². The second-order valence-corrected chi connectivity index (χ2v) is 9.34. The van der Waals surface area contributed by atoms with E-state index in [-0.39, 0.29) is 0 Å². The van der Waals surface area contributed by atoms with Crippen LogP contribution >= 0.6 is 9.24 Å². The Morgan fingerprint density at radius 2 is 0.880 bits per heavy atom. The van der Waals surface area contributed by atoms with E-state index >= 15 is 0 Å². The highest BCUT2D eigenvalue weighted by Crippen LogP contribution is 2.37.